The van der Waals surface area contributed by atoms with Gasteiger partial charge in [0, 0.05) is 16.3 Å². The summed E-state index contributed by atoms with van der Waals surface area (Å²) in [6.07, 6.45) is 1.19. The smallest absolute Gasteiger partial charge is 0.248 e. The van der Waals surface area contributed by atoms with E-state index in [1.807, 2.05) is 0 Å². The topological polar surface area (TPSA) is 83.6 Å². The Bertz CT molecular complexity index is 1010. The van der Waals surface area contributed by atoms with E-state index in [4.69, 9.17) is 23.2 Å². The molecule has 1 N–H and O–H groups in total. The van der Waals surface area contributed by atoms with E-state index in [-0.39, 0.29) is 27.9 Å². The van der Waals surface area contributed by atoms with E-state index in [1.165, 1.54) is 31.2 Å². The number of ketones is 1. The number of nitrogens with zero attached hydrogens (tertiary/aromatic N) is 1. The van der Waals surface area contributed by atoms with Crippen LogP contribution in [0.25, 0.3) is 0 Å². The van der Waals surface area contributed by atoms with Gasteiger partial charge in [-0.15, -0.1) is 0 Å². The van der Waals surface area contributed by atoms with Gasteiger partial charge in [-0.3, -0.25) is 13.9 Å². The second-order valence-electron chi connectivity index (χ2n) is 6.20. The first-order chi connectivity index (χ1) is 13.0. The first-order valence-corrected chi connectivity index (χ1v) is 11.0. The van der Waals surface area contributed by atoms with Gasteiger partial charge in [-0.1, -0.05) is 42.3 Å². The Kier molecular flexibility index (Phi) is 7.09. The van der Waals surface area contributed by atoms with Crippen molar-refractivity contribution < 1.29 is 18.0 Å². The number of carbonyl (C=O) groups is 2. The van der Waals surface area contributed by atoms with Crippen LogP contribution in [0, 0.1) is 0 Å². The number of amides is 1. The molecule has 0 aliphatic carbocycles. The highest BCUT2D eigenvalue weighted by Crippen LogP contribution is 2.33. The van der Waals surface area contributed by atoms with Crippen molar-refractivity contribution in [3.63, 3.8) is 0 Å². The van der Waals surface area contributed by atoms with Crippen LogP contribution < -0.4 is 9.62 Å². The van der Waals surface area contributed by atoms with Gasteiger partial charge in [-0.2, -0.15) is 0 Å². The van der Waals surface area contributed by atoms with Gasteiger partial charge in [-0.05, 0) is 43.7 Å². The molecule has 0 saturated carbocycles. The molecule has 0 aliphatic rings. The molecule has 1 amide bonds. The minimum Gasteiger partial charge on any atom is -0.324 e. The summed E-state index contributed by atoms with van der Waals surface area (Å²) < 4.78 is 26.0. The van der Waals surface area contributed by atoms with Crippen molar-refractivity contribution in [3.8, 4) is 0 Å². The molecule has 0 heterocycles. The Morgan fingerprint density at radius 2 is 1.82 bits per heavy atom. The molecule has 2 aromatic carbocycles. The van der Waals surface area contributed by atoms with Crippen LogP contribution in [0.4, 0.5) is 11.4 Å². The summed E-state index contributed by atoms with van der Waals surface area (Å²) in [6.45, 7) is 3.11. The number of sulfonamides is 1. The summed E-state index contributed by atoms with van der Waals surface area (Å²) in [5, 5.41) is 3.11. The van der Waals surface area contributed by atoms with Gasteiger partial charge >= 0.3 is 0 Å². The maximum Gasteiger partial charge on any atom is 0.248 e. The lowest BCUT2D eigenvalue weighted by Gasteiger charge is -2.30. The van der Waals surface area contributed by atoms with Crippen molar-refractivity contribution in [1.82, 2.24) is 0 Å². The van der Waals surface area contributed by atoms with E-state index in [0.29, 0.717) is 11.3 Å². The molecule has 0 aromatic heterocycles. The monoisotopic (exact) mass is 442 g/mol. The lowest BCUT2D eigenvalue weighted by atomic mass is 10.1. The third-order valence-electron chi connectivity index (χ3n) is 4.01. The van der Waals surface area contributed by atoms with Gasteiger partial charge < -0.3 is 5.32 Å². The molecule has 1 atom stereocenters. The highest BCUT2D eigenvalue weighted by molar-refractivity contribution is 7.92. The number of anilines is 2. The van der Waals surface area contributed by atoms with Crippen molar-refractivity contribution in [2.45, 2.75) is 26.3 Å². The average molecular weight is 443 g/mol. The number of nitrogens with one attached hydrogen (secondary N) is 1. The van der Waals surface area contributed by atoms with Gasteiger partial charge in [-0.25, -0.2) is 8.42 Å². The molecule has 0 aliphatic heterocycles. The van der Waals surface area contributed by atoms with Gasteiger partial charge in [0.05, 0.1) is 17.0 Å². The number of benzene rings is 2. The average Bonchev–Trinajstić information content (AvgIpc) is 2.61. The van der Waals surface area contributed by atoms with Crippen molar-refractivity contribution in [2.75, 3.05) is 15.9 Å². The predicted octanol–water partition coefficient (Wildman–Crippen LogP) is 4.38. The summed E-state index contributed by atoms with van der Waals surface area (Å²) in [4.78, 5) is 24.4. The lowest BCUT2D eigenvalue weighted by molar-refractivity contribution is -0.117. The number of rotatable bonds is 7. The molecular weight excluding hydrogens is 423 g/mol. The molecule has 2 aromatic rings. The Morgan fingerprint density at radius 1 is 1.14 bits per heavy atom. The molecule has 0 bridgehead atoms. The zero-order valence-corrected chi connectivity index (χ0v) is 17.9. The largest absolute Gasteiger partial charge is 0.324 e. The second-order valence-corrected chi connectivity index (χ2v) is 8.91. The van der Waals surface area contributed by atoms with Crippen LogP contribution in [-0.4, -0.2) is 32.4 Å². The molecule has 150 valence electrons. The Labute approximate surface area is 174 Å². The number of Topliss-reactive ketones (excluding diaryl/α,β-unsaturated/α-hetero) is 1. The van der Waals surface area contributed by atoms with E-state index in [2.05, 4.69) is 5.32 Å². The van der Waals surface area contributed by atoms with E-state index in [9.17, 15) is 18.0 Å². The standard InChI is InChI=1S/C19H20Cl2N2O4S/c1-4-17(19(25)22-15-7-5-6-13(10-15)12(2)24)23(28(3,26)27)18-11-14(20)8-9-16(18)21/h5-11,17H,4H2,1-3H3,(H,22,25)/t17-/m0/s1. The zero-order valence-electron chi connectivity index (χ0n) is 15.6. The summed E-state index contributed by atoms with van der Waals surface area (Å²) in [6, 6.07) is 9.75. The number of halogens is 2. The summed E-state index contributed by atoms with van der Waals surface area (Å²) >= 11 is 12.2. The van der Waals surface area contributed by atoms with Gasteiger partial charge in [0.15, 0.2) is 5.78 Å². The summed E-state index contributed by atoms with van der Waals surface area (Å²) in [5.74, 6) is -0.698. The molecule has 2 rings (SSSR count). The van der Waals surface area contributed by atoms with Crippen LogP contribution in [0.3, 0.4) is 0 Å². The minimum absolute atomic E-state index is 0.121. The fourth-order valence-corrected chi connectivity index (χ4v) is 4.37. The van der Waals surface area contributed by atoms with E-state index >= 15 is 0 Å². The third-order valence-corrected chi connectivity index (χ3v) is 5.73. The van der Waals surface area contributed by atoms with Crippen molar-refractivity contribution in [3.05, 3.63) is 58.1 Å². The van der Waals surface area contributed by atoms with E-state index < -0.39 is 22.0 Å². The van der Waals surface area contributed by atoms with Crippen LogP contribution in [-0.2, 0) is 14.8 Å². The second kappa shape index (κ2) is 8.94. The molecule has 6 nitrogen and oxygen atoms in total. The number of carbonyl (C=O) groups excluding carboxylic acids is 2. The minimum atomic E-state index is -3.85. The summed E-state index contributed by atoms with van der Waals surface area (Å²) in [7, 11) is -3.85. The van der Waals surface area contributed by atoms with Crippen molar-refractivity contribution >= 4 is 56.3 Å². The van der Waals surface area contributed by atoms with Crippen LogP contribution in [0.2, 0.25) is 10.0 Å². The molecular formula is C19H20Cl2N2O4S. The molecule has 0 unspecified atom stereocenters. The number of hydrogen-bond acceptors (Lipinski definition) is 4. The van der Waals surface area contributed by atoms with Crippen LogP contribution >= 0.6 is 23.2 Å². The fourth-order valence-electron chi connectivity index (χ4n) is 2.73. The van der Waals surface area contributed by atoms with Gasteiger partial charge in [0.1, 0.15) is 6.04 Å². The molecule has 0 fully saturated rings. The maximum atomic E-state index is 12.9. The number of hydrogen-bond donors (Lipinski definition) is 1. The predicted molar refractivity (Wildman–Crippen MR) is 113 cm³/mol. The van der Waals surface area contributed by atoms with Crippen molar-refractivity contribution in [1.29, 1.82) is 0 Å². The van der Waals surface area contributed by atoms with E-state index in [0.717, 1.165) is 10.6 Å². The van der Waals surface area contributed by atoms with Crippen LogP contribution in [0.15, 0.2) is 42.5 Å². The maximum absolute atomic E-state index is 12.9. The quantitative estimate of drug-likeness (QED) is 0.644. The molecule has 0 saturated heterocycles. The first kappa shape index (κ1) is 22.2. The molecule has 0 radical (unpaired) electrons. The van der Waals surface area contributed by atoms with Crippen LogP contribution in [0.5, 0.6) is 0 Å². The Morgan fingerprint density at radius 3 is 2.39 bits per heavy atom. The van der Waals surface area contributed by atoms with E-state index in [1.54, 1.807) is 25.1 Å². The van der Waals surface area contributed by atoms with Gasteiger partial charge in [0.2, 0.25) is 15.9 Å². The zero-order chi connectivity index (χ0) is 21.1. The highest BCUT2D eigenvalue weighted by Gasteiger charge is 2.33. The highest BCUT2D eigenvalue weighted by atomic mass is 35.5. The molecule has 9 heteroatoms. The molecule has 0 spiro atoms. The SMILES string of the molecule is CC[C@@H](C(=O)Nc1cccc(C(C)=O)c1)N(c1cc(Cl)ccc1Cl)S(C)(=O)=O. The summed E-state index contributed by atoms with van der Waals surface area (Å²) in [5.41, 5.74) is 0.946. The Hall–Kier alpha value is -2.09. The lowest BCUT2D eigenvalue weighted by Crippen LogP contribution is -2.47. The molecule has 28 heavy (non-hydrogen) atoms. The fraction of sp³-hybridized carbons (Fsp3) is 0.263. The first-order valence-electron chi connectivity index (χ1n) is 8.41. The van der Waals surface area contributed by atoms with Crippen molar-refractivity contribution in [2.24, 2.45) is 0 Å². The normalized spacial score (nSPS) is 12.3. The van der Waals surface area contributed by atoms with Crippen LogP contribution in [0.1, 0.15) is 30.6 Å². The Balaban J connectivity index is 2.44. The van der Waals surface area contributed by atoms with Gasteiger partial charge in [0.25, 0.3) is 0 Å². The third kappa shape index (κ3) is 5.25.